The SMILES string of the molecule is COc1ccc2c(c1)N1CCN(CC(=O)N3CCOCC3)CC1C(C(=O)NCc1ccco1)C2. The van der Waals surface area contributed by atoms with Crippen LogP contribution in [0.4, 0.5) is 5.69 Å². The lowest BCUT2D eigenvalue weighted by atomic mass is 9.83. The Kier molecular flexibility index (Phi) is 6.73. The van der Waals surface area contributed by atoms with Gasteiger partial charge in [-0.2, -0.15) is 0 Å². The highest BCUT2D eigenvalue weighted by molar-refractivity contribution is 5.82. The van der Waals surface area contributed by atoms with Crippen LogP contribution in [0.5, 0.6) is 5.75 Å². The number of morpholine rings is 1. The van der Waals surface area contributed by atoms with Crippen molar-refractivity contribution in [1.82, 2.24) is 15.1 Å². The predicted molar refractivity (Wildman–Crippen MR) is 126 cm³/mol. The minimum Gasteiger partial charge on any atom is -0.497 e. The minimum absolute atomic E-state index is 0.00854. The van der Waals surface area contributed by atoms with Crippen molar-refractivity contribution >= 4 is 17.5 Å². The number of carbonyl (C=O) groups excluding carboxylic acids is 2. The number of anilines is 1. The largest absolute Gasteiger partial charge is 0.497 e. The molecule has 9 nitrogen and oxygen atoms in total. The molecule has 1 aromatic heterocycles. The number of piperazine rings is 1. The van der Waals surface area contributed by atoms with Gasteiger partial charge in [0.05, 0.1) is 51.6 Å². The molecule has 9 heteroatoms. The summed E-state index contributed by atoms with van der Waals surface area (Å²) in [5.41, 5.74) is 2.27. The molecule has 0 spiro atoms. The minimum atomic E-state index is -0.225. The van der Waals surface area contributed by atoms with Crippen LogP contribution in [0.25, 0.3) is 0 Å². The average molecular weight is 469 g/mol. The Bertz CT molecular complexity index is 1000. The Balaban J connectivity index is 1.33. The van der Waals surface area contributed by atoms with Crippen molar-refractivity contribution in [2.45, 2.75) is 19.0 Å². The summed E-state index contributed by atoms with van der Waals surface area (Å²) in [5.74, 6) is 1.45. The summed E-state index contributed by atoms with van der Waals surface area (Å²) in [6, 6.07) is 9.72. The molecule has 2 saturated heterocycles. The number of benzene rings is 1. The summed E-state index contributed by atoms with van der Waals surface area (Å²) in [6.07, 6.45) is 2.26. The van der Waals surface area contributed by atoms with Crippen LogP contribution >= 0.6 is 0 Å². The molecular formula is C25H32N4O5. The van der Waals surface area contributed by atoms with E-state index in [4.69, 9.17) is 13.9 Å². The van der Waals surface area contributed by atoms with Crippen LogP contribution in [-0.4, -0.2) is 87.2 Å². The molecule has 2 amide bonds. The van der Waals surface area contributed by atoms with Crippen molar-refractivity contribution in [3.05, 3.63) is 47.9 Å². The summed E-state index contributed by atoms with van der Waals surface area (Å²) in [4.78, 5) is 32.6. The van der Waals surface area contributed by atoms with Gasteiger partial charge < -0.3 is 29.0 Å². The summed E-state index contributed by atoms with van der Waals surface area (Å²) in [5, 5.41) is 3.06. The molecule has 2 aromatic rings. The van der Waals surface area contributed by atoms with Crippen LogP contribution in [0.15, 0.2) is 41.0 Å². The molecule has 182 valence electrons. The van der Waals surface area contributed by atoms with Gasteiger partial charge in [0.1, 0.15) is 11.5 Å². The summed E-state index contributed by atoms with van der Waals surface area (Å²) >= 11 is 0. The zero-order chi connectivity index (χ0) is 23.5. The number of amides is 2. The number of methoxy groups -OCH3 is 1. The average Bonchev–Trinajstić information content (AvgIpc) is 3.40. The molecule has 1 N–H and O–H groups in total. The molecule has 0 radical (unpaired) electrons. The van der Waals surface area contributed by atoms with E-state index in [2.05, 4.69) is 27.2 Å². The molecule has 3 aliphatic heterocycles. The zero-order valence-corrected chi connectivity index (χ0v) is 19.6. The van der Waals surface area contributed by atoms with E-state index in [1.165, 1.54) is 0 Å². The van der Waals surface area contributed by atoms with Crippen molar-refractivity contribution in [2.75, 3.05) is 64.5 Å². The molecule has 2 atom stereocenters. The second-order valence-corrected chi connectivity index (χ2v) is 9.09. The van der Waals surface area contributed by atoms with Gasteiger partial charge in [-0.05, 0) is 30.2 Å². The highest BCUT2D eigenvalue weighted by atomic mass is 16.5. The first-order valence-corrected chi connectivity index (χ1v) is 11.9. The second-order valence-electron chi connectivity index (χ2n) is 9.09. The van der Waals surface area contributed by atoms with Crippen LogP contribution in [0.2, 0.25) is 0 Å². The molecule has 1 aromatic carbocycles. The van der Waals surface area contributed by atoms with Crippen LogP contribution in [0.1, 0.15) is 11.3 Å². The number of ether oxygens (including phenoxy) is 2. The van der Waals surface area contributed by atoms with Gasteiger partial charge in [-0.15, -0.1) is 0 Å². The maximum atomic E-state index is 13.3. The Morgan fingerprint density at radius 1 is 1.15 bits per heavy atom. The first-order chi connectivity index (χ1) is 16.6. The monoisotopic (exact) mass is 468 g/mol. The Hall–Kier alpha value is -3.04. The molecule has 3 aliphatic rings. The molecule has 5 rings (SSSR count). The van der Waals surface area contributed by atoms with Gasteiger partial charge in [0.15, 0.2) is 0 Å². The van der Waals surface area contributed by atoms with E-state index >= 15 is 0 Å². The van der Waals surface area contributed by atoms with E-state index in [0.29, 0.717) is 52.4 Å². The lowest BCUT2D eigenvalue weighted by Crippen LogP contribution is -2.62. The molecule has 4 heterocycles. The van der Waals surface area contributed by atoms with Crippen LogP contribution in [0.3, 0.4) is 0 Å². The normalized spacial score (nSPS) is 22.6. The number of fused-ring (bicyclic) bond motifs is 3. The fourth-order valence-corrected chi connectivity index (χ4v) is 5.23. The number of hydrogen-bond donors (Lipinski definition) is 1. The Morgan fingerprint density at radius 3 is 2.76 bits per heavy atom. The molecule has 34 heavy (non-hydrogen) atoms. The van der Waals surface area contributed by atoms with Crippen LogP contribution < -0.4 is 15.0 Å². The van der Waals surface area contributed by atoms with E-state index < -0.39 is 0 Å². The van der Waals surface area contributed by atoms with Crippen LogP contribution in [-0.2, 0) is 27.3 Å². The smallest absolute Gasteiger partial charge is 0.236 e. The fraction of sp³-hybridized carbons (Fsp3) is 0.520. The molecule has 0 bridgehead atoms. The van der Waals surface area contributed by atoms with Gasteiger partial charge >= 0.3 is 0 Å². The van der Waals surface area contributed by atoms with E-state index in [9.17, 15) is 9.59 Å². The first kappa shape index (κ1) is 22.7. The maximum Gasteiger partial charge on any atom is 0.236 e. The number of furan rings is 1. The first-order valence-electron chi connectivity index (χ1n) is 11.9. The van der Waals surface area contributed by atoms with E-state index in [1.807, 2.05) is 23.1 Å². The van der Waals surface area contributed by atoms with E-state index in [-0.39, 0.29) is 23.8 Å². The number of nitrogens with one attached hydrogen (secondary N) is 1. The van der Waals surface area contributed by atoms with Crippen molar-refractivity contribution in [1.29, 1.82) is 0 Å². The fourth-order valence-electron chi connectivity index (χ4n) is 5.23. The number of hydrogen-bond acceptors (Lipinski definition) is 7. The number of carbonyl (C=O) groups is 2. The molecule has 2 unspecified atom stereocenters. The lowest BCUT2D eigenvalue weighted by molar-refractivity contribution is -0.136. The van der Waals surface area contributed by atoms with Gasteiger partial charge in [0.25, 0.3) is 0 Å². The highest BCUT2D eigenvalue weighted by Gasteiger charge is 2.42. The second kappa shape index (κ2) is 10.1. The quantitative estimate of drug-likeness (QED) is 0.680. The predicted octanol–water partition coefficient (Wildman–Crippen LogP) is 1.13. The van der Waals surface area contributed by atoms with Crippen molar-refractivity contribution < 1.29 is 23.5 Å². The summed E-state index contributed by atoms with van der Waals surface area (Å²) in [7, 11) is 1.67. The van der Waals surface area contributed by atoms with Gasteiger partial charge in [0, 0.05) is 44.5 Å². The summed E-state index contributed by atoms with van der Waals surface area (Å²) in [6.45, 7) is 5.40. The third kappa shape index (κ3) is 4.76. The van der Waals surface area contributed by atoms with Gasteiger partial charge in [-0.3, -0.25) is 14.5 Å². The summed E-state index contributed by atoms with van der Waals surface area (Å²) < 4.78 is 16.2. The molecular weight excluding hydrogens is 436 g/mol. The maximum absolute atomic E-state index is 13.3. The van der Waals surface area contributed by atoms with Gasteiger partial charge in [-0.25, -0.2) is 0 Å². The topological polar surface area (TPSA) is 87.5 Å². The third-order valence-corrected chi connectivity index (χ3v) is 7.09. The molecule has 0 saturated carbocycles. The van der Waals surface area contributed by atoms with E-state index in [0.717, 1.165) is 35.9 Å². The highest BCUT2D eigenvalue weighted by Crippen LogP contribution is 2.38. The standard InChI is InChI=1S/C25H32N4O5/c1-32-19-5-4-18-13-21(25(31)26-15-20-3-2-10-34-20)23-16-27(6-7-29(23)22(18)14-19)17-24(30)28-8-11-33-12-9-28/h2-5,10,14,21,23H,6-9,11-13,15-17H2,1H3,(H,26,31). The lowest BCUT2D eigenvalue weighted by Gasteiger charge is -2.49. The van der Waals surface area contributed by atoms with Crippen molar-refractivity contribution in [2.24, 2.45) is 5.92 Å². The van der Waals surface area contributed by atoms with Gasteiger partial charge in [0.2, 0.25) is 11.8 Å². The van der Waals surface area contributed by atoms with Gasteiger partial charge in [-0.1, -0.05) is 6.07 Å². The molecule has 2 fully saturated rings. The van der Waals surface area contributed by atoms with Crippen LogP contribution in [0, 0.1) is 5.92 Å². The zero-order valence-electron chi connectivity index (χ0n) is 19.6. The Morgan fingerprint density at radius 2 is 2.00 bits per heavy atom. The third-order valence-electron chi connectivity index (χ3n) is 7.09. The number of rotatable bonds is 6. The Labute approximate surface area is 199 Å². The number of nitrogens with zero attached hydrogens (tertiary/aromatic N) is 3. The van der Waals surface area contributed by atoms with Crippen molar-refractivity contribution in [3.8, 4) is 5.75 Å². The van der Waals surface area contributed by atoms with Crippen molar-refractivity contribution in [3.63, 3.8) is 0 Å². The molecule has 0 aliphatic carbocycles. The van der Waals surface area contributed by atoms with E-state index in [1.54, 1.807) is 13.4 Å².